The number of halogens is 2. The molecule has 3 aromatic rings. The Balaban J connectivity index is 1.31. The number of thioether (sulfide) groups is 1. The Morgan fingerprint density at radius 2 is 2.05 bits per heavy atom. The number of rotatable bonds is 12. The first kappa shape index (κ1) is 27.8. The van der Waals surface area contributed by atoms with E-state index in [2.05, 4.69) is 15.5 Å². The lowest BCUT2D eigenvalue weighted by Gasteiger charge is -2.10. The van der Waals surface area contributed by atoms with Gasteiger partial charge in [0.05, 0.1) is 29.6 Å². The van der Waals surface area contributed by atoms with Gasteiger partial charge in [-0.05, 0) is 63.3 Å². The highest BCUT2D eigenvalue weighted by Crippen LogP contribution is 2.39. The fourth-order valence-corrected chi connectivity index (χ4v) is 6.72. The zero-order chi connectivity index (χ0) is 26.4. The van der Waals surface area contributed by atoms with Gasteiger partial charge in [0.25, 0.3) is 0 Å². The van der Waals surface area contributed by atoms with Crippen LogP contribution in [0.4, 0.5) is 5.00 Å². The van der Waals surface area contributed by atoms with Crippen LogP contribution in [0.2, 0.25) is 10.0 Å². The monoisotopic (exact) mass is 582 g/mol. The van der Waals surface area contributed by atoms with Gasteiger partial charge < -0.3 is 19.4 Å². The molecule has 0 atom stereocenters. The number of hydrogen-bond donors (Lipinski definition) is 1. The summed E-state index contributed by atoms with van der Waals surface area (Å²) in [7, 11) is 0. The van der Waals surface area contributed by atoms with Gasteiger partial charge in [0.15, 0.2) is 5.16 Å². The number of nitrogens with zero attached hydrogens (tertiary/aromatic N) is 3. The van der Waals surface area contributed by atoms with Gasteiger partial charge >= 0.3 is 5.97 Å². The maximum atomic E-state index is 12.8. The van der Waals surface area contributed by atoms with Crippen LogP contribution in [0.25, 0.3) is 0 Å². The van der Waals surface area contributed by atoms with E-state index < -0.39 is 0 Å². The third-order valence-corrected chi connectivity index (χ3v) is 8.50. The van der Waals surface area contributed by atoms with Crippen molar-refractivity contribution in [3.63, 3.8) is 0 Å². The summed E-state index contributed by atoms with van der Waals surface area (Å²) in [5.74, 6) is 1.00. The number of thiophene rings is 1. The Labute approximate surface area is 234 Å². The number of fused-ring (bicyclic) bond motifs is 1. The van der Waals surface area contributed by atoms with E-state index >= 15 is 0 Å². The second-order valence-electron chi connectivity index (χ2n) is 8.29. The number of ether oxygens (including phenoxy) is 2. The van der Waals surface area contributed by atoms with E-state index in [1.165, 1.54) is 23.1 Å². The van der Waals surface area contributed by atoms with Crippen molar-refractivity contribution in [2.45, 2.75) is 57.7 Å². The summed E-state index contributed by atoms with van der Waals surface area (Å²) in [5, 5.41) is 13.8. The van der Waals surface area contributed by atoms with Gasteiger partial charge in [-0.2, -0.15) is 0 Å². The van der Waals surface area contributed by atoms with Crippen molar-refractivity contribution in [3.8, 4) is 5.75 Å². The Morgan fingerprint density at radius 3 is 2.81 bits per heavy atom. The first-order valence-electron chi connectivity index (χ1n) is 12.1. The number of carbonyl (C=O) groups excluding carboxylic acids is 2. The molecule has 4 rings (SSSR count). The predicted molar refractivity (Wildman–Crippen MR) is 148 cm³/mol. The highest BCUT2D eigenvalue weighted by molar-refractivity contribution is 7.99. The Bertz CT molecular complexity index is 1280. The zero-order valence-electron chi connectivity index (χ0n) is 20.6. The second kappa shape index (κ2) is 13.0. The minimum Gasteiger partial charge on any atom is -0.492 e. The van der Waals surface area contributed by atoms with Gasteiger partial charge in [-0.3, -0.25) is 4.79 Å². The van der Waals surface area contributed by atoms with Crippen LogP contribution in [0.1, 0.15) is 53.3 Å². The molecule has 0 unspecified atom stereocenters. The largest absolute Gasteiger partial charge is 0.492 e. The molecule has 198 valence electrons. The molecule has 1 aromatic carbocycles. The van der Waals surface area contributed by atoms with E-state index in [0.717, 1.165) is 41.9 Å². The molecule has 0 spiro atoms. The molecule has 1 aliphatic rings. The van der Waals surface area contributed by atoms with Crippen molar-refractivity contribution in [3.05, 3.63) is 50.1 Å². The molecule has 1 amide bonds. The van der Waals surface area contributed by atoms with Crippen LogP contribution in [0, 0.1) is 0 Å². The normalized spacial score (nSPS) is 12.4. The number of anilines is 1. The van der Waals surface area contributed by atoms with Gasteiger partial charge in [0.1, 0.15) is 16.6 Å². The number of aromatic nitrogens is 3. The van der Waals surface area contributed by atoms with E-state index in [1.807, 2.05) is 11.5 Å². The average Bonchev–Trinajstić information content (AvgIpc) is 3.56. The van der Waals surface area contributed by atoms with Crippen LogP contribution in [0.3, 0.4) is 0 Å². The van der Waals surface area contributed by atoms with E-state index in [-0.39, 0.29) is 17.6 Å². The van der Waals surface area contributed by atoms with Crippen molar-refractivity contribution in [1.82, 2.24) is 14.8 Å². The summed E-state index contributed by atoms with van der Waals surface area (Å²) >= 11 is 14.9. The highest BCUT2D eigenvalue weighted by Gasteiger charge is 2.28. The van der Waals surface area contributed by atoms with E-state index in [1.54, 1.807) is 25.1 Å². The molecule has 1 aliphatic carbocycles. The highest BCUT2D eigenvalue weighted by atomic mass is 35.5. The first-order chi connectivity index (χ1) is 17.9. The predicted octanol–water partition coefficient (Wildman–Crippen LogP) is 6.07. The number of amides is 1. The number of esters is 1. The molecular formula is C25H28Cl2N4O4S2. The molecule has 37 heavy (non-hydrogen) atoms. The molecule has 0 saturated carbocycles. The van der Waals surface area contributed by atoms with E-state index in [9.17, 15) is 9.59 Å². The molecular weight excluding hydrogens is 555 g/mol. The van der Waals surface area contributed by atoms with Gasteiger partial charge in [-0.25, -0.2) is 4.79 Å². The van der Waals surface area contributed by atoms with Crippen LogP contribution in [0.5, 0.6) is 5.75 Å². The summed E-state index contributed by atoms with van der Waals surface area (Å²) in [6, 6.07) is 5.13. The SMILES string of the molecule is CCOC(=O)c1c(NC(=O)CSc2nnc(CCCOc3ccc(Cl)cc3Cl)n2CC)sc2c1CCC2. The Hall–Kier alpha value is -2.27. The maximum Gasteiger partial charge on any atom is 0.341 e. The second-order valence-corrected chi connectivity index (χ2v) is 11.2. The van der Waals surface area contributed by atoms with Gasteiger partial charge in [-0.1, -0.05) is 35.0 Å². The summed E-state index contributed by atoms with van der Waals surface area (Å²) in [4.78, 5) is 26.5. The van der Waals surface area contributed by atoms with Crippen molar-refractivity contribution in [2.75, 3.05) is 24.3 Å². The van der Waals surface area contributed by atoms with Crippen LogP contribution >= 0.6 is 46.3 Å². The van der Waals surface area contributed by atoms with Crippen LogP contribution in [0.15, 0.2) is 23.4 Å². The third kappa shape index (κ3) is 6.79. The average molecular weight is 584 g/mol. The summed E-state index contributed by atoms with van der Waals surface area (Å²) in [6.45, 7) is 5.24. The van der Waals surface area contributed by atoms with Crippen LogP contribution < -0.4 is 10.1 Å². The molecule has 8 nitrogen and oxygen atoms in total. The standard InChI is InChI=1S/C25H28Cl2N4O4S2/c1-3-31-20(9-6-12-35-18-11-10-15(26)13-17(18)27)29-30-25(31)36-14-21(32)28-23-22(24(33)34-4-2)16-7-5-8-19(16)37-23/h10-11,13H,3-9,12,14H2,1-2H3,(H,28,32). The zero-order valence-corrected chi connectivity index (χ0v) is 23.8. The van der Waals surface area contributed by atoms with Crippen molar-refractivity contribution in [1.29, 1.82) is 0 Å². The minimum atomic E-state index is -0.373. The quantitative estimate of drug-likeness (QED) is 0.157. The molecule has 0 bridgehead atoms. The van der Waals surface area contributed by atoms with Crippen LogP contribution in [-0.4, -0.2) is 45.6 Å². The van der Waals surface area contributed by atoms with Crippen molar-refractivity contribution in [2.24, 2.45) is 0 Å². The maximum absolute atomic E-state index is 12.8. The van der Waals surface area contributed by atoms with Crippen LogP contribution in [-0.2, 0) is 35.3 Å². The number of benzene rings is 1. The molecule has 0 radical (unpaired) electrons. The Morgan fingerprint density at radius 1 is 1.22 bits per heavy atom. The molecule has 1 N–H and O–H groups in total. The van der Waals surface area contributed by atoms with Gasteiger partial charge in [0, 0.05) is 22.9 Å². The summed E-state index contributed by atoms with van der Waals surface area (Å²) in [6.07, 6.45) is 4.18. The smallest absolute Gasteiger partial charge is 0.341 e. The fourth-order valence-electron chi connectivity index (χ4n) is 4.14. The Kier molecular flexibility index (Phi) is 9.75. The molecule has 12 heteroatoms. The van der Waals surface area contributed by atoms with E-state index in [0.29, 0.717) is 57.7 Å². The third-order valence-electron chi connectivity index (χ3n) is 5.79. The molecule has 2 aromatic heterocycles. The number of aryl methyl sites for hydroxylation is 2. The van der Waals surface area contributed by atoms with E-state index in [4.69, 9.17) is 32.7 Å². The summed E-state index contributed by atoms with van der Waals surface area (Å²) in [5.41, 5.74) is 1.53. The lowest BCUT2D eigenvalue weighted by atomic mass is 10.1. The number of hydrogen-bond acceptors (Lipinski definition) is 8. The van der Waals surface area contributed by atoms with Crippen molar-refractivity contribution >= 4 is 63.2 Å². The topological polar surface area (TPSA) is 95.3 Å². The first-order valence-corrected chi connectivity index (χ1v) is 14.7. The van der Waals surface area contributed by atoms with Gasteiger partial charge in [0.2, 0.25) is 5.91 Å². The fraction of sp³-hybridized carbons (Fsp3) is 0.440. The van der Waals surface area contributed by atoms with Crippen molar-refractivity contribution < 1.29 is 19.1 Å². The molecule has 0 saturated heterocycles. The molecule has 0 aliphatic heterocycles. The molecule has 0 fully saturated rings. The summed E-state index contributed by atoms with van der Waals surface area (Å²) < 4.78 is 13.0. The lowest BCUT2D eigenvalue weighted by Crippen LogP contribution is -2.17. The number of carbonyl (C=O) groups is 2. The minimum absolute atomic E-state index is 0.154. The lowest BCUT2D eigenvalue weighted by molar-refractivity contribution is -0.113. The van der Waals surface area contributed by atoms with Gasteiger partial charge in [-0.15, -0.1) is 21.5 Å². The number of nitrogens with one attached hydrogen (secondary N) is 1. The molecule has 2 heterocycles.